The van der Waals surface area contributed by atoms with Crippen LogP contribution in [0.3, 0.4) is 0 Å². The summed E-state index contributed by atoms with van der Waals surface area (Å²) in [7, 11) is 3.84. The first-order valence-electron chi connectivity index (χ1n) is 6.16. The standard InChI is InChI=1S/C14H15FN4O2/c1-18(2)11-5-3-9(4-6-11)17-10-7-12(15)14(16)13(8-10)19(20)21/h3-8,17H,16H2,1-2H3. The van der Waals surface area contributed by atoms with Gasteiger partial charge in [-0.1, -0.05) is 0 Å². The maximum Gasteiger partial charge on any atom is 0.297 e. The number of hydrogen-bond acceptors (Lipinski definition) is 5. The van der Waals surface area contributed by atoms with E-state index in [4.69, 9.17) is 5.73 Å². The fraction of sp³-hybridized carbons (Fsp3) is 0.143. The van der Waals surface area contributed by atoms with Crippen LogP contribution < -0.4 is 16.0 Å². The number of nitrogen functional groups attached to an aromatic ring is 1. The van der Waals surface area contributed by atoms with Crippen molar-refractivity contribution in [1.82, 2.24) is 0 Å². The van der Waals surface area contributed by atoms with Gasteiger partial charge in [-0.2, -0.15) is 0 Å². The van der Waals surface area contributed by atoms with E-state index >= 15 is 0 Å². The van der Waals surface area contributed by atoms with Crippen LogP contribution in [0.1, 0.15) is 0 Å². The molecule has 0 fully saturated rings. The number of nitro groups is 1. The molecule has 0 aliphatic carbocycles. The number of nitrogens with one attached hydrogen (secondary N) is 1. The largest absolute Gasteiger partial charge is 0.391 e. The predicted molar refractivity (Wildman–Crippen MR) is 81.5 cm³/mol. The van der Waals surface area contributed by atoms with Crippen LogP contribution in [0.2, 0.25) is 0 Å². The lowest BCUT2D eigenvalue weighted by molar-refractivity contribution is -0.384. The maximum atomic E-state index is 13.6. The van der Waals surface area contributed by atoms with E-state index in [9.17, 15) is 14.5 Å². The first-order chi connectivity index (χ1) is 9.88. The third kappa shape index (κ3) is 3.19. The van der Waals surface area contributed by atoms with Crippen molar-refractivity contribution in [2.45, 2.75) is 0 Å². The molecule has 2 aromatic carbocycles. The lowest BCUT2D eigenvalue weighted by Gasteiger charge is -2.13. The molecule has 3 N–H and O–H groups in total. The minimum absolute atomic E-state index is 0.269. The molecule has 110 valence electrons. The highest BCUT2D eigenvalue weighted by molar-refractivity contribution is 5.70. The fourth-order valence-electron chi connectivity index (χ4n) is 1.84. The summed E-state index contributed by atoms with van der Waals surface area (Å²) in [6, 6.07) is 9.69. The first-order valence-corrected chi connectivity index (χ1v) is 6.16. The smallest absolute Gasteiger partial charge is 0.297 e. The number of nitrogens with zero attached hydrogens (tertiary/aromatic N) is 2. The van der Waals surface area contributed by atoms with Crippen LogP contribution >= 0.6 is 0 Å². The second kappa shape index (κ2) is 5.66. The molecule has 0 spiro atoms. The molecule has 0 aliphatic heterocycles. The highest BCUT2D eigenvalue weighted by Crippen LogP contribution is 2.30. The lowest BCUT2D eigenvalue weighted by atomic mass is 10.2. The van der Waals surface area contributed by atoms with Gasteiger partial charge in [-0.3, -0.25) is 10.1 Å². The van der Waals surface area contributed by atoms with Gasteiger partial charge in [0.15, 0.2) is 5.82 Å². The van der Waals surface area contributed by atoms with Crippen molar-refractivity contribution in [1.29, 1.82) is 0 Å². The quantitative estimate of drug-likeness (QED) is 0.513. The van der Waals surface area contributed by atoms with Crippen molar-refractivity contribution < 1.29 is 9.31 Å². The van der Waals surface area contributed by atoms with Crippen LogP contribution in [0.5, 0.6) is 0 Å². The van der Waals surface area contributed by atoms with Gasteiger partial charge in [0.05, 0.1) is 4.92 Å². The van der Waals surface area contributed by atoms with Gasteiger partial charge in [-0.05, 0) is 30.3 Å². The Balaban J connectivity index is 2.29. The monoisotopic (exact) mass is 290 g/mol. The van der Waals surface area contributed by atoms with Crippen LogP contribution in [0.25, 0.3) is 0 Å². The molecule has 0 saturated carbocycles. The van der Waals surface area contributed by atoms with Crippen LogP contribution in [0.15, 0.2) is 36.4 Å². The number of nitrogens with two attached hydrogens (primary N) is 1. The van der Waals surface area contributed by atoms with Gasteiger partial charge in [0.25, 0.3) is 5.69 Å². The molecule has 6 nitrogen and oxygen atoms in total. The van der Waals surface area contributed by atoms with E-state index in [0.717, 1.165) is 11.8 Å². The Morgan fingerprint density at radius 1 is 1.19 bits per heavy atom. The summed E-state index contributed by atoms with van der Waals surface area (Å²) in [4.78, 5) is 12.1. The third-order valence-electron chi connectivity index (χ3n) is 2.98. The molecule has 0 atom stereocenters. The number of nitro benzene ring substituents is 1. The molecule has 0 aliphatic rings. The molecule has 0 amide bonds. The topological polar surface area (TPSA) is 84.4 Å². The molecule has 21 heavy (non-hydrogen) atoms. The summed E-state index contributed by atoms with van der Waals surface area (Å²) in [5, 5.41) is 13.7. The van der Waals surface area contributed by atoms with Crippen LogP contribution in [-0.4, -0.2) is 19.0 Å². The molecular formula is C14H15FN4O2. The second-order valence-corrected chi connectivity index (χ2v) is 4.71. The average molecular weight is 290 g/mol. The van der Waals surface area contributed by atoms with Crippen molar-refractivity contribution in [3.05, 3.63) is 52.3 Å². The second-order valence-electron chi connectivity index (χ2n) is 4.71. The maximum absolute atomic E-state index is 13.6. The van der Waals surface area contributed by atoms with Gasteiger partial charge >= 0.3 is 0 Å². The lowest BCUT2D eigenvalue weighted by Crippen LogP contribution is -2.08. The molecular weight excluding hydrogens is 275 g/mol. The Hall–Kier alpha value is -2.83. The zero-order chi connectivity index (χ0) is 15.6. The number of rotatable bonds is 4. The van der Waals surface area contributed by atoms with Gasteiger partial charge in [0, 0.05) is 37.2 Å². The van der Waals surface area contributed by atoms with Crippen LogP contribution in [-0.2, 0) is 0 Å². The molecule has 2 aromatic rings. The highest BCUT2D eigenvalue weighted by atomic mass is 19.1. The Bertz CT molecular complexity index is 671. The first kappa shape index (κ1) is 14.6. The van der Waals surface area contributed by atoms with Crippen molar-refractivity contribution in [3.8, 4) is 0 Å². The van der Waals surface area contributed by atoms with Gasteiger partial charge < -0.3 is 16.0 Å². The van der Waals surface area contributed by atoms with E-state index in [0.29, 0.717) is 5.69 Å². The predicted octanol–water partition coefficient (Wildman–Crippen LogP) is 3.13. The minimum atomic E-state index is -0.823. The van der Waals surface area contributed by atoms with Gasteiger partial charge in [0.2, 0.25) is 0 Å². The SMILES string of the molecule is CN(C)c1ccc(Nc2cc(F)c(N)c([N+](=O)[O-])c2)cc1. The Morgan fingerprint density at radius 3 is 2.33 bits per heavy atom. The van der Waals surface area contributed by atoms with E-state index < -0.39 is 22.1 Å². The number of halogens is 1. The van der Waals surface area contributed by atoms with Crippen LogP contribution in [0.4, 0.5) is 32.8 Å². The molecule has 2 rings (SSSR count). The van der Waals surface area contributed by atoms with E-state index in [1.165, 1.54) is 6.07 Å². The number of benzene rings is 2. The molecule has 7 heteroatoms. The van der Waals surface area contributed by atoms with E-state index in [1.807, 2.05) is 31.1 Å². The summed E-state index contributed by atoms with van der Waals surface area (Å²) in [6.07, 6.45) is 0. The zero-order valence-electron chi connectivity index (χ0n) is 11.6. The van der Waals surface area contributed by atoms with Gasteiger partial charge in [-0.25, -0.2) is 4.39 Å². The molecule has 0 saturated heterocycles. The van der Waals surface area contributed by atoms with Crippen molar-refractivity contribution in [2.24, 2.45) is 0 Å². The summed E-state index contributed by atoms with van der Waals surface area (Å²) < 4.78 is 13.6. The highest BCUT2D eigenvalue weighted by Gasteiger charge is 2.17. The van der Waals surface area contributed by atoms with E-state index in [1.54, 1.807) is 12.1 Å². The van der Waals surface area contributed by atoms with Crippen molar-refractivity contribution in [2.75, 3.05) is 30.0 Å². The summed E-state index contributed by atoms with van der Waals surface area (Å²) in [5.74, 6) is -0.823. The zero-order valence-corrected chi connectivity index (χ0v) is 11.6. The molecule has 0 radical (unpaired) electrons. The van der Waals surface area contributed by atoms with E-state index in [-0.39, 0.29) is 5.69 Å². The van der Waals surface area contributed by atoms with Gasteiger partial charge in [-0.15, -0.1) is 0 Å². The van der Waals surface area contributed by atoms with Crippen LogP contribution in [0, 0.1) is 15.9 Å². The molecule has 0 heterocycles. The Labute approximate surface area is 121 Å². The Kier molecular flexibility index (Phi) is 3.93. The number of hydrogen-bond donors (Lipinski definition) is 2. The molecule has 0 unspecified atom stereocenters. The molecule has 0 bridgehead atoms. The normalized spacial score (nSPS) is 10.2. The number of anilines is 4. The van der Waals surface area contributed by atoms with Crippen molar-refractivity contribution >= 4 is 28.4 Å². The third-order valence-corrected chi connectivity index (χ3v) is 2.98. The minimum Gasteiger partial charge on any atom is -0.391 e. The van der Waals surface area contributed by atoms with Gasteiger partial charge in [0.1, 0.15) is 5.69 Å². The summed E-state index contributed by atoms with van der Waals surface area (Å²) in [6.45, 7) is 0. The van der Waals surface area contributed by atoms with E-state index in [2.05, 4.69) is 5.32 Å². The van der Waals surface area contributed by atoms with Crippen molar-refractivity contribution in [3.63, 3.8) is 0 Å². The summed E-state index contributed by atoms with van der Waals surface area (Å²) >= 11 is 0. The average Bonchev–Trinajstić information content (AvgIpc) is 2.43. The summed E-state index contributed by atoms with van der Waals surface area (Å²) in [5.41, 5.74) is 6.40. The molecule has 0 aromatic heterocycles. The Morgan fingerprint density at radius 2 is 1.81 bits per heavy atom. The fourth-order valence-corrected chi connectivity index (χ4v) is 1.84.